The van der Waals surface area contributed by atoms with E-state index in [1.165, 1.54) is 120 Å². The summed E-state index contributed by atoms with van der Waals surface area (Å²) in [5.74, 6) is 0. The van der Waals surface area contributed by atoms with E-state index in [2.05, 4.69) is 259 Å². The van der Waals surface area contributed by atoms with Crippen LogP contribution in [0.3, 0.4) is 0 Å². The van der Waals surface area contributed by atoms with E-state index in [0.717, 1.165) is 34.1 Å². The molecule has 0 bridgehead atoms. The Balaban J connectivity index is 1.19. The van der Waals surface area contributed by atoms with Gasteiger partial charge in [0.1, 0.15) is 0 Å². The molecular formula is C69H56N2S. The van der Waals surface area contributed by atoms with Crippen molar-refractivity contribution in [3.05, 3.63) is 261 Å². The number of nitrogens with zero attached hydrogens (tertiary/aromatic N) is 2. The van der Waals surface area contributed by atoms with Gasteiger partial charge < -0.3 is 9.80 Å². The second-order valence-corrected chi connectivity index (χ2v) is 21.6. The lowest BCUT2D eigenvalue weighted by atomic mass is 9.65. The van der Waals surface area contributed by atoms with Crippen LogP contribution in [0.15, 0.2) is 194 Å². The Morgan fingerprint density at radius 1 is 0.292 bits per heavy atom. The Kier molecular flexibility index (Phi) is 10.1. The molecule has 0 saturated carbocycles. The van der Waals surface area contributed by atoms with E-state index in [9.17, 15) is 0 Å². The summed E-state index contributed by atoms with van der Waals surface area (Å²) in [4.78, 5) is 4.97. The summed E-state index contributed by atoms with van der Waals surface area (Å²) < 4.78 is 2.65. The summed E-state index contributed by atoms with van der Waals surface area (Å²) in [5, 5.41) is 2.62. The molecule has 0 atom stereocenters. The smallest absolute Gasteiger partial charge is 0.0727 e. The van der Waals surface area contributed by atoms with Crippen LogP contribution in [0.4, 0.5) is 34.1 Å². The summed E-state index contributed by atoms with van der Waals surface area (Å²) >= 11 is 1.93. The van der Waals surface area contributed by atoms with Crippen molar-refractivity contribution in [2.75, 3.05) is 9.80 Å². The molecule has 348 valence electrons. The first kappa shape index (κ1) is 44.0. The Hall–Kier alpha value is -7.98. The summed E-state index contributed by atoms with van der Waals surface area (Å²) in [6, 6.07) is 74.8. The van der Waals surface area contributed by atoms with Gasteiger partial charge in [-0.2, -0.15) is 0 Å². The minimum Gasteiger partial charge on any atom is -0.310 e. The van der Waals surface area contributed by atoms with Crippen molar-refractivity contribution in [2.24, 2.45) is 0 Å². The molecule has 10 aromatic carbocycles. The van der Waals surface area contributed by atoms with Gasteiger partial charge in [-0.3, -0.25) is 0 Å². The van der Waals surface area contributed by atoms with E-state index in [0.29, 0.717) is 0 Å². The first-order valence-electron chi connectivity index (χ1n) is 25.3. The largest absolute Gasteiger partial charge is 0.310 e. The number of thiophene rings is 1. The van der Waals surface area contributed by atoms with Gasteiger partial charge in [-0.1, -0.05) is 115 Å². The number of hydrogen-bond acceptors (Lipinski definition) is 3. The van der Waals surface area contributed by atoms with Crippen molar-refractivity contribution in [3.8, 4) is 33.4 Å². The Labute approximate surface area is 428 Å². The van der Waals surface area contributed by atoms with Crippen molar-refractivity contribution >= 4 is 65.6 Å². The van der Waals surface area contributed by atoms with E-state index < -0.39 is 5.41 Å². The highest BCUT2D eigenvalue weighted by molar-refractivity contribution is 7.26. The van der Waals surface area contributed by atoms with E-state index in [1.54, 1.807) is 0 Å². The molecule has 1 aromatic heterocycles. The van der Waals surface area contributed by atoms with Crippen molar-refractivity contribution in [1.82, 2.24) is 0 Å². The zero-order valence-electron chi connectivity index (χ0n) is 42.3. The summed E-state index contributed by atoms with van der Waals surface area (Å²) in [7, 11) is 0. The molecule has 0 N–H and O–H groups in total. The molecule has 2 aliphatic carbocycles. The highest BCUT2D eigenvalue weighted by Crippen LogP contribution is 2.64. The van der Waals surface area contributed by atoms with Crippen LogP contribution < -0.4 is 9.80 Å². The number of hydrogen-bond donors (Lipinski definition) is 0. The number of anilines is 6. The van der Waals surface area contributed by atoms with Crippen LogP contribution in [0.5, 0.6) is 0 Å². The zero-order valence-corrected chi connectivity index (χ0v) is 43.1. The summed E-state index contributed by atoms with van der Waals surface area (Å²) in [6.07, 6.45) is 0. The second kappa shape index (κ2) is 16.6. The predicted octanol–water partition coefficient (Wildman–Crippen LogP) is 19.5. The van der Waals surface area contributed by atoms with Gasteiger partial charge in [0.05, 0.1) is 5.41 Å². The number of fused-ring (bicyclic) bond motifs is 16. The molecule has 1 heterocycles. The molecule has 0 saturated heterocycles. The van der Waals surface area contributed by atoms with Crippen molar-refractivity contribution < 1.29 is 0 Å². The molecule has 1 spiro atoms. The van der Waals surface area contributed by atoms with Crippen LogP contribution in [-0.2, 0) is 5.41 Å². The molecule has 0 fully saturated rings. The van der Waals surface area contributed by atoms with Crippen LogP contribution in [0.25, 0.3) is 53.6 Å². The third-order valence-corrected chi connectivity index (χ3v) is 17.6. The molecule has 13 rings (SSSR count). The molecular weight excluding hydrogens is 889 g/mol. The molecule has 0 amide bonds. The van der Waals surface area contributed by atoms with Gasteiger partial charge in [0, 0.05) is 59.9 Å². The molecule has 2 nitrogen and oxygen atoms in total. The van der Waals surface area contributed by atoms with E-state index in [4.69, 9.17) is 0 Å². The lowest BCUT2D eigenvalue weighted by molar-refractivity contribution is 0.776. The van der Waals surface area contributed by atoms with Crippen molar-refractivity contribution in [2.45, 2.75) is 60.8 Å². The van der Waals surface area contributed by atoms with Crippen LogP contribution in [0.1, 0.15) is 66.8 Å². The van der Waals surface area contributed by atoms with Gasteiger partial charge in [0.15, 0.2) is 0 Å². The van der Waals surface area contributed by atoms with E-state index in [1.807, 2.05) is 11.3 Å². The van der Waals surface area contributed by atoms with Gasteiger partial charge in [-0.25, -0.2) is 0 Å². The summed E-state index contributed by atoms with van der Waals surface area (Å²) in [5.41, 5.74) is 29.0. The van der Waals surface area contributed by atoms with Crippen LogP contribution in [-0.4, -0.2) is 0 Å². The maximum Gasteiger partial charge on any atom is 0.0727 e. The average molecular weight is 945 g/mol. The lowest BCUT2D eigenvalue weighted by Crippen LogP contribution is -2.30. The fourth-order valence-electron chi connectivity index (χ4n) is 12.0. The lowest BCUT2D eigenvalue weighted by Gasteiger charge is -2.37. The van der Waals surface area contributed by atoms with Crippen molar-refractivity contribution in [3.63, 3.8) is 0 Å². The summed E-state index contributed by atoms with van der Waals surface area (Å²) in [6.45, 7) is 17.8. The van der Waals surface area contributed by atoms with Gasteiger partial charge in [0.2, 0.25) is 0 Å². The van der Waals surface area contributed by atoms with Crippen LogP contribution in [0.2, 0.25) is 0 Å². The Morgan fingerprint density at radius 3 is 1.17 bits per heavy atom. The first-order valence-corrected chi connectivity index (χ1v) is 26.1. The monoisotopic (exact) mass is 944 g/mol. The van der Waals surface area contributed by atoms with Crippen LogP contribution in [0, 0.1) is 55.4 Å². The molecule has 72 heavy (non-hydrogen) atoms. The zero-order chi connectivity index (χ0) is 49.2. The fraction of sp³-hybridized carbons (Fsp3) is 0.130. The van der Waals surface area contributed by atoms with E-state index in [-0.39, 0.29) is 0 Å². The third kappa shape index (κ3) is 6.53. The molecule has 11 aromatic rings. The maximum atomic E-state index is 2.56. The van der Waals surface area contributed by atoms with Gasteiger partial charge in [-0.15, -0.1) is 11.3 Å². The highest BCUT2D eigenvalue weighted by Gasteiger charge is 2.51. The van der Waals surface area contributed by atoms with Gasteiger partial charge in [-0.05, 0) is 229 Å². The third-order valence-electron chi connectivity index (χ3n) is 16.4. The Morgan fingerprint density at radius 2 is 0.694 bits per heavy atom. The highest BCUT2D eigenvalue weighted by atomic mass is 32.1. The minimum atomic E-state index is -0.748. The molecule has 3 heteroatoms. The number of benzene rings is 10. The van der Waals surface area contributed by atoms with Crippen molar-refractivity contribution in [1.29, 1.82) is 0 Å². The molecule has 0 unspecified atom stereocenters. The standard InChI is InChI=1S/C69H56N2S/c1-41-21-25-49(35-45(41)5)70(50-26-22-42(2)46(6)36-50)53-29-31-57-55-15-9-10-16-56(55)58-32-30-54(71(51-27-23-43(3)47(7)37-51)52-28-24-44(4)48(8)38-52)40-65(58)69(64(57)39-53)62-19-13-11-18-61(62)67-63(69)34-33-60-59-17-12-14-20-66(59)72-68(60)67/h9-40H,1-8H3. The quantitative estimate of drug-likeness (QED) is 0.164. The topological polar surface area (TPSA) is 6.48 Å². The SMILES string of the molecule is Cc1ccc(N(c2ccc(C)c(C)c2)c2ccc3c(c2)C2(c4cc(N(c5ccc(C)c(C)c5)c5ccc(C)c(C)c5)ccc4-c4ccccc4-3)c3ccccc3-c3c2ccc2c3sc3ccccc32)cc1C. The fourth-order valence-corrected chi connectivity index (χ4v) is 13.3. The number of aryl methyl sites for hydroxylation is 8. The normalized spacial score (nSPS) is 12.8. The first-order chi connectivity index (χ1) is 35.0. The maximum absolute atomic E-state index is 2.56. The van der Waals surface area contributed by atoms with E-state index >= 15 is 0 Å². The van der Waals surface area contributed by atoms with Crippen LogP contribution >= 0.6 is 11.3 Å². The molecule has 2 aliphatic rings. The average Bonchev–Trinajstić information content (AvgIpc) is 3.89. The van der Waals surface area contributed by atoms with Gasteiger partial charge >= 0.3 is 0 Å². The Bertz CT molecular complexity index is 3770. The predicted molar refractivity (Wildman–Crippen MR) is 308 cm³/mol. The molecule has 0 radical (unpaired) electrons. The molecule has 0 aliphatic heterocycles. The number of rotatable bonds is 6. The minimum absolute atomic E-state index is 0.748. The van der Waals surface area contributed by atoms with Gasteiger partial charge in [0.25, 0.3) is 0 Å². The second-order valence-electron chi connectivity index (χ2n) is 20.5.